The number of carbonyl (C=O) groups is 1. The second-order valence-corrected chi connectivity index (χ2v) is 5.38. The Morgan fingerprint density at radius 1 is 1.16 bits per heavy atom. The topological polar surface area (TPSA) is 81.8 Å². The van der Waals surface area contributed by atoms with Gasteiger partial charge in [-0.15, -0.1) is 0 Å². The van der Waals surface area contributed by atoms with Crippen LogP contribution in [0.25, 0.3) is 11.3 Å². The SMILES string of the molecule is Cc1cc(OCc2ncc(-c3ccccc3)o2)ccc1OCC(=O)O. The van der Waals surface area contributed by atoms with Gasteiger partial charge in [-0.05, 0) is 30.7 Å². The van der Waals surface area contributed by atoms with E-state index in [1.165, 1.54) is 0 Å². The molecule has 0 atom stereocenters. The fourth-order valence-corrected chi connectivity index (χ4v) is 2.27. The molecule has 0 saturated carbocycles. The van der Waals surface area contributed by atoms with Crippen LogP contribution < -0.4 is 9.47 Å². The summed E-state index contributed by atoms with van der Waals surface area (Å²) in [5, 5.41) is 8.65. The van der Waals surface area contributed by atoms with Gasteiger partial charge in [0.1, 0.15) is 11.5 Å². The summed E-state index contributed by atoms with van der Waals surface area (Å²) in [5.41, 5.74) is 1.74. The van der Waals surface area contributed by atoms with E-state index in [0.29, 0.717) is 23.1 Å². The van der Waals surface area contributed by atoms with Crippen LogP contribution in [0.1, 0.15) is 11.5 Å². The molecule has 0 spiro atoms. The van der Waals surface area contributed by atoms with E-state index in [4.69, 9.17) is 19.0 Å². The van der Waals surface area contributed by atoms with Crippen molar-refractivity contribution in [2.75, 3.05) is 6.61 Å². The Morgan fingerprint density at radius 3 is 2.68 bits per heavy atom. The number of ether oxygens (including phenoxy) is 2. The zero-order chi connectivity index (χ0) is 17.6. The predicted octanol–water partition coefficient (Wildman–Crippen LogP) is 3.69. The highest BCUT2D eigenvalue weighted by Gasteiger charge is 2.08. The van der Waals surface area contributed by atoms with E-state index in [1.807, 2.05) is 37.3 Å². The minimum Gasteiger partial charge on any atom is -0.484 e. The van der Waals surface area contributed by atoms with Crippen molar-refractivity contribution >= 4 is 5.97 Å². The molecule has 0 radical (unpaired) electrons. The lowest BCUT2D eigenvalue weighted by Gasteiger charge is -2.09. The first-order valence-corrected chi connectivity index (χ1v) is 7.70. The predicted molar refractivity (Wildman–Crippen MR) is 90.6 cm³/mol. The van der Waals surface area contributed by atoms with Gasteiger partial charge in [-0.3, -0.25) is 0 Å². The van der Waals surface area contributed by atoms with E-state index >= 15 is 0 Å². The summed E-state index contributed by atoms with van der Waals surface area (Å²) < 4.78 is 16.5. The molecule has 0 bridgehead atoms. The number of carboxylic acids is 1. The van der Waals surface area contributed by atoms with Crippen LogP contribution in [0.2, 0.25) is 0 Å². The summed E-state index contributed by atoms with van der Waals surface area (Å²) in [4.78, 5) is 14.8. The van der Waals surface area contributed by atoms with Gasteiger partial charge in [-0.1, -0.05) is 30.3 Å². The average Bonchev–Trinajstić information content (AvgIpc) is 3.09. The van der Waals surface area contributed by atoms with Crippen LogP contribution in [-0.2, 0) is 11.4 Å². The molecular weight excluding hydrogens is 322 g/mol. The van der Waals surface area contributed by atoms with E-state index in [1.54, 1.807) is 24.4 Å². The summed E-state index contributed by atoms with van der Waals surface area (Å²) in [7, 11) is 0. The molecule has 1 aromatic heterocycles. The molecule has 25 heavy (non-hydrogen) atoms. The van der Waals surface area contributed by atoms with Crippen LogP contribution in [0.15, 0.2) is 59.1 Å². The summed E-state index contributed by atoms with van der Waals surface area (Å²) in [6.07, 6.45) is 1.67. The highest BCUT2D eigenvalue weighted by Crippen LogP contribution is 2.25. The van der Waals surface area contributed by atoms with E-state index in [9.17, 15) is 4.79 Å². The van der Waals surface area contributed by atoms with Gasteiger partial charge >= 0.3 is 5.97 Å². The highest BCUT2D eigenvalue weighted by molar-refractivity contribution is 5.68. The fourth-order valence-electron chi connectivity index (χ4n) is 2.27. The number of aryl methyl sites for hydroxylation is 1. The molecular formula is C19H17NO5. The van der Waals surface area contributed by atoms with Crippen LogP contribution in [-0.4, -0.2) is 22.7 Å². The molecule has 0 aliphatic rings. The van der Waals surface area contributed by atoms with Crippen molar-refractivity contribution < 1.29 is 23.8 Å². The minimum absolute atomic E-state index is 0.196. The van der Waals surface area contributed by atoms with Gasteiger partial charge in [-0.2, -0.15) is 0 Å². The van der Waals surface area contributed by atoms with Crippen LogP contribution in [0.5, 0.6) is 11.5 Å². The third-order valence-electron chi connectivity index (χ3n) is 3.47. The normalized spacial score (nSPS) is 10.4. The summed E-state index contributed by atoms with van der Waals surface area (Å²) in [5.74, 6) is 1.28. The van der Waals surface area contributed by atoms with Crippen LogP contribution >= 0.6 is 0 Å². The lowest BCUT2D eigenvalue weighted by atomic mass is 10.2. The Hall–Kier alpha value is -3.28. The van der Waals surface area contributed by atoms with Gasteiger partial charge in [0.2, 0.25) is 5.89 Å². The molecule has 1 N–H and O–H groups in total. The van der Waals surface area contributed by atoms with Gasteiger partial charge in [0.05, 0.1) is 6.20 Å². The molecule has 128 valence electrons. The van der Waals surface area contributed by atoms with E-state index < -0.39 is 5.97 Å². The van der Waals surface area contributed by atoms with Crippen LogP contribution in [0, 0.1) is 6.92 Å². The third-order valence-corrected chi connectivity index (χ3v) is 3.47. The first kappa shape index (κ1) is 16.6. The van der Waals surface area contributed by atoms with E-state index in [-0.39, 0.29) is 13.2 Å². The van der Waals surface area contributed by atoms with Crippen molar-refractivity contribution in [2.24, 2.45) is 0 Å². The molecule has 0 amide bonds. The smallest absolute Gasteiger partial charge is 0.341 e. The number of aliphatic carboxylic acids is 1. The standard InChI is InChI=1S/C19H17NO5/c1-13-9-15(7-8-16(13)24-12-19(21)22)23-11-18-20-10-17(25-18)14-5-3-2-4-6-14/h2-10H,11-12H2,1H3,(H,21,22). The van der Waals surface area contributed by atoms with E-state index in [2.05, 4.69) is 4.98 Å². The van der Waals surface area contributed by atoms with Crippen molar-refractivity contribution in [2.45, 2.75) is 13.5 Å². The first-order valence-electron chi connectivity index (χ1n) is 7.70. The Bertz CT molecular complexity index is 857. The molecule has 0 unspecified atom stereocenters. The molecule has 2 aromatic carbocycles. The number of nitrogens with zero attached hydrogens (tertiary/aromatic N) is 1. The zero-order valence-electron chi connectivity index (χ0n) is 13.6. The Labute approximate surface area is 144 Å². The fraction of sp³-hybridized carbons (Fsp3) is 0.158. The molecule has 0 aliphatic heterocycles. The summed E-state index contributed by atoms with van der Waals surface area (Å²) in [6.45, 7) is 1.64. The lowest BCUT2D eigenvalue weighted by molar-refractivity contribution is -0.139. The Morgan fingerprint density at radius 2 is 1.96 bits per heavy atom. The quantitative estimate of drug-likeness (QED) is 0.707. The number of oxazole rings is 1. The van der Waals surface area contributed by atoms with E-state index in [0.717, 1.165) is 11.1 Å². The van der Waals surface area contributed by atoms with Gasteiger partial charge in [-0.25, -0.2) is 9.78 Å². The number of rotatable bonds is 7. The number of hydrogen-bond donors (Lipinski definition) is 1. The summed E-state index contributed by atoms with van der Waals surface area (Å²) >= 11 is 0. The van der Waals surface area contributed by atoms with Crippen LogP contribution in [0.4, 0.5) is 0 Å². The lowest BCUT2D eigenvalue weighted by Crippen LogP contribution is -2.10. The summed E-state index contributed by atoms with van der Waals surface area (Å²) in [6, 6.07) is 14.9. The maximum atomic E-state index is 10.5. The van der Waals surface area contributed by atoms with Crippen molar-refractivity contribution in [3.63, 3.8) is 0 Å². The van der Waals surface area contributed by atoms with Crippen molar-refractivity contribution in [1.29, 1.82) is 0 Å². The molecule has 0 saturated heterocycles. The number of aromatic nitrogens is 1. The second-order valence-electron chi connectivity index (χ2n) is 5.38. The van der Waals surface area contributed by atoms with Gasteiger partial charge in [0.15, 0.2) is 19.0 Å². The zero-order valence-corrected chi connectivity index (χ0v) is 13.6. The molecule has 0 fully saturated rings. The second kappa shape index (κ2) is 7.53. The molecule has 6 nitrogen and oxygen atoms in total. The van der Waals surface area contributed by atoms with Crippen molar-refractivity contribution in [3.8, 4) is 22.8 Å². The number of benzene rings is 2. The van der Waals surface area contributed by atoms with Crippen molar-refractivity contribution in [1.82, 2.24) is 4.98 Å². The molecule has 0 aliphatic carbocycles. The average molecular weight is 339 g/mol. The maximum absolute atomic E-state index is 10.5. The number of hydrogen-bond acceptors (Lipinski definition) is 5. The van der Waals surface area contributed by atoms with Gasteiger partial charge < -0.3 is 19.0 Å². The third kappa shape index (κ3) is 4.38. The molecule has 1 heterocycles. The monoisotopic (exact) mass is 339 g/mol. The Kier molecular flexibility index (Phi) is 4.99. The largest absolute Gasteiger partial charge is 0.484 e. The highest BCUT2D eigenvalue weighted by atomic mass is 16.5. The van der Waals surface area contributed by atoms with Gasteiger partial charge in [0, 0.05) is 5.56 Å². The molecule has 3 rings (SSSR count). The first-order chi connectivity index (χ1) is 12.1. The molecule has 6 heteroatoms. The maximum Gasteiger partial charge on any atom is 0.341 e. The van der Waals surface area contributed by atoms with Crippen molar-refractivity contribution in [3.05, 3.63) is 66.2 Å². The molecule has 3 aromatic rings. The Balaban J connectivity index is 1.61. The number of carboxylic acid groups (broad SMARTS) is 1. The minimum atomic E-state index is -1.02. The van der Waals surface area contributed by atoms with Crippen LogP contribution in [0.3, 0.4) is 0 Å². The van der Waals surface area contributed by atoms with Gasteiger partial charge in [0.25, 0.3) is 0 Å².